The van der Waals surface area contributed by atoms with E-state index in [1.807, 2.05) is 31.2 Å². The van der Waals surface area contributed by atoms with E-state index < -0.39 is 0 Å². The minimum atomic E-state index is -0.132. The molecule has 1 fully saturated rings. The van der Waals surface area contributed by atoms with Crippen molar-refractivity contribution in [2.45, 2.75) is 30.7 Å². The summed E-state index contributed by atoms with van der Waals surface area (Å²) in [6.07, 6.45) is 3.45. The van der Waals surface area contributed by atoms with Crippen LogP contribution in [0.4, 0.5) is 0 Å². The molecule has 190 valence electrons. The Hall–Kier alpha value is -3.46. The van der Waals surface area contributed by atoms with Gasteiger partial charge in [0.05, 0.1) is 18.9 Å². The van der Waals surface area contributed by atoms with Crippen LogP contribution in [0.5, 0.6) is 0 Å². The highest BCUT2D eigenvalue weighted by atomic mass is 32.2. The molecule has 3 heterocycles. The smallest absolute Gasteiger partial charge is 0.251 e. The van der Waals surface area contributed by atoms with Crippen molar-refractivity contribution in [1.82, 2.24) is 20.2 Å². The van der Waals surface area contributed by atoms with Gasteiger partial charge in [-0.3, -0.25) is 14.7 Å². The summed E-state index contributed by atoms with van der Waals surface area (Å²) < 4.78 is 11.4. The van der Waals surface area contributed by atoms with Gasteiger partial charge in [0, 0.05) is 60.3 Å². The number of aromatic nitrogens is 2. The van der Waals surface area contributed by atoms with Crippen LogP contribution in [0.1, 0.15) is 32.9 Å². The Kier molecular flexibility index (Phi) is 8.30. The fraction of sp³-hybridized carbons (Fsp3) is 0.276. The molecule has 2 aromatic carbocycles. The summed E-state index contributed by atoms with van der Waals surface area (Å²) >= 11 is 1.75. The average molecular weight is 515 g/mol. The van der Waals surface area contributed by atoms with E-state index in [0.29, 0.717) is 18.0 Å². The number of carbonyl (C=O) groups excluding carboxylic acids is 1. The SMILES string of the molecule is Cc1oc(-c2ccc(C(=O)NCc3cccnc3)cc2)nc1CSc1ccc(CN2CCOCC2)cc1. The second kappa shape index (κ2) is 12.2. The number of thioether (sulfide) groups is 1. The van der Waals surface area contributed by atoms with Crippen LogP contribution < -0.4 is 5.32 Å². The summed E-state index contributed by atoms with van der Waals surface area (Å²) in [5, 5.41) is 2.92. The van der Waals surface area contributed by atoms with Gasteiger partial charge >= 0.3 is 0 Å². The average Bonchev–Trinajstić information content (AvgIpc) is 3.33. The zero-order chi connectivity index (χ0) is 25.5. The number of amides is 1. The van der Waals surface area contributed by atoms with E-state index in [9.17, 15) is 4.79 Å². The lowest BCUT2D eigenvalue weighted by Gasteiger charge is -2.26. The third kappa shape index (κ3) is 6.85. The predicted octanol–water partition coefficient (Wildman–Crippen LogP) is 5.10. The number of nitrogens with zero attached hydrogens (tertiary/aromatic N) is 3. The van der Waals surface area contributed by atoms with Gasteiger partial charge in [0.1, 0.15) is 5.76 Å². The molecular weight excluding hydrogens is 484 g/mol. The molecule has 37 heavy (non-hydrogen) atoms. The van der Waals surface area contributed by atoms with Gasteiger partial charge in [-0.05, 0) is 60.5 Å². The molecule has 0 unspecified atom stereocenters. The lowest BCUT2D eigenvalue weighted by molar-refractivity contribution is 0.0342. The maximum atomic E-state index is 12.5. The largest absolute Gasteiger partial charge is 0.441 e. The highest BCUT2D eigenvalue weighted by Crippen LogP contribution is 2.28. The molecule has 0 saturated carbocycles. The zero-order valence-electron chi connectivity index (χ0n) is 20.9. The lowest BCUT2D eigenvalue weighted by Crippen LogP contribution is -2.35. The number of pyridine rings is 1. The topological polar surface area (TPSA) is 80.5 Å². The summed E-state index contributed by atoms with van der Waals surface area (Å²) in [4.78, 5) is 24.9. The second-order valence-corrected chi connectivity index (χ2v) is 10.0. The highest BCUT2D eigenvalue weighted by Gasteiger charge is 2.14. The fourth-order valence-corrected chi connectivity index (χ4v) is 5.00. The van der Waals surface area contributed by atoms with Crippen molar-refractivity contribution in [3.8, 4) is 11.5 Å². The van der Waals surface area contributed by atoms with Gasteiger partial charge in [-0.15, -0.1) is 11.8 Å². The summed E-state index contributed by atoms with van der Waals surface area (Å²) in [6.45, 7) is 6.96. The number of benzene rings is 2. The minimum absolute atomic E-state index is 0.132. The quantitative estimate of drug-likeness (QED) is 0.311. The van der Waals surface area contributed by atoms with Crippen LogP contribution in [0.2, 0.25) is 0 Å². The third-order valence-corrected chi connectivity index (χ3v) is 7.29. The Balaban J connectivity index is 1.15. The van der Waals surface area contributed by atoms with E-state index in [1.54, 1.807) is 36.3 Å². The number of morpholine rings is 1. The number of rotatable bonds is 9. The van der Waals surface area contributed by atoms with Crippen LogP contribution in [-0.4, -0.2) is 47.1 Å². The first-order valence-corrected chi connectivity index (χ1v) is 13.4. The highest BCUT2D eigenvalue weighted by molar-refractivity contribution is 7.98. The van der Waals surface area contributed by atoms with Crippen LogP contribution in [0.15, 0.2) is 82.4 Å². The molecular formula is C29H30N4O3S. The van der Waals surface area contributed by atoms with Crippen molar-refractivity contribution in [2.75, 3.05) is 26.3 Å². The maximum absolute atomic E-state index is 12.5. The van der Waals surface area contributed by atoms with E-state index in [0.717, 1.165) is 61.2 Å². The molecule has 0 atom stereocenters. The molecule has 0 spiro atoms. The van der Waals surface area contributed by atoms with Gasteiger partial charge < -0.3 is 14.5 Å². The Morgan fingerprint density at radius 3 is 2.54 bits per heavy atom. The lowest BCUT2D eigenvalue weighted by atomic mass is 10.1. The predicted molar refractivity (Wildman–Crippen MR) is 144 cm³/mol. The van der Waals surface area contributed by atoms with E-state index >= 15 is 0 Å². The first-order valence-electron chi connectivity index (χ1n) is 12.4. The first kappa shape index (κ1) is 25.2. The third-order valence-electron chi connectivity index (χ3n) is 6.27. The molecule has 1 saturated heterocycles. The van der Waals surface area contributed by atoms with Crippen molar-refractivity contribution < 1.29 is 13.9 Å². The molecule has 0 aliphatic carbocycles. The van der Waals surface area contributed by atoms with Gasteiger partial charge in [-0.1, -0.05) is 18.2 Å². The van der Waals surface area contributed by atoms with Gasteiger partial charge in [-0.2, -0.15) is 0 Å². The van der Waals surface area contributed by atoms with E-state index in [1.165, 1.54) is 10.5 Å². The number of carbonyl (C=O) groups is 1. The monoisotopic (exact) mass is 514 g/mol. The standard InChI is InChI=1S/C29H30N4O3S/c1-21-27(20-37-26-10-4-22(5-11-26)19-33-13-15-35-16-14-33)32-29(36-21)25-8-6-24(7-9-25)28(34)31-18-23-3-2-12-30-17-23/h2-12,17H,13-16,18-20H2,1H3,(H,31,34). The number of ether oxygens (including phenoxy) is 1. The van der Waals surface area contributed by atoms with E-state index in [-0.39, 0.29) is 5.91 Å². The molecule has 4 aromatic rings. The molecule has 0 bridgehead atoms. The van der Waals surface area contributed by atoms with Crippen molar-refractivity contribution in [3.05, 3.63) is 101 Å². The molecule has 1 amide bonds. The Bertz CT molecular complexity index is 1300. The van der Waals surface area contributed by atoms with Crippen LogP contribution in [0.25, 0.3) is 11.5 Å². The molecule has 0 radical (unpaired) electrons. The van der Waals surface area contributed by atoms with Crippen LogP contribution in [0.3, 0.4) is 0 Å². The Labute approximate surface area is 221 Å². The number of nitrogens with one attached hydrogen (secondary N) is 1. The first-order chi connectivity index (χ1) is 18.1. The Morgan fingerprint density at radius 2 is 1.81 bits per heavy atom. The molecule has 1 aliphatic rings. The molecule has 1 aliphatic heterocycles. The number of aryl methyl sites for hydroxylation is 1. The minimum Gasteiger partial charge on any atom is -0.441 e. The van der Waals surface area contributed by atoms with Gasteiger partial charge in [0.25, 0.3) is 5.91 Å². The summed E-state index contributed by atoms with van der Waals surface area (Å²) in [7, 11) is 0. The normalized spacial score (nSPS) is 14.0. The van der Waals surface area contributed by atoms with Gasteiger partial charge in [0.15, 0.2) is 0 Å². The second-order valence-electron chi connectivity index (χ2n) is 8.96. The van der Waals surface area contributed by atoms with Crippen LogP contribution >= 0.6 is 11.8 Å². The summed E-state index contributed by atoms with van der Waals surface area (Å²) in [6, 6.07) is 19.9. The Morgan fingerprint density at radius 1 is 1.03 bits per heavy atom. The van der Waals surface area contributed by atoms with E-state index in [4.69, 9.17) is 14.1 Å². The van der Waals surface area contributed by atoms with Crippen molar-refractivity contribution >= 4 is 17.7 Å². The molecule has 1 N–H and O–H groups in total. The summed E-state index contributed by atoms with van der Waals surface area (Å²) in [5.41, 5.74) is 4.63. The van der Waals surface area contributed by atoms with Crippen molar-refractivity contribution in [3.63, 3.8) is 0 Å². The van der Waals surface area contributed by atoms with Crippen LogP contribution in [0, 0.1) is 6.92 Å². The fourth-order valence-electron chi connectivity index (χ4n) is 4.10. The molecule has 5 rings (SSSR count). The molecule has 2 aromatic heterocycles. The maximum Gasteiger partial charge on any atom is 0.251 e. The van der Waals surface area contributed by atoms with Crippen molar-refractivity contribution in [1.29, 1.82) is 0 Å². The van der Waals surface area contributed by atoms with Crippen LogP contribution in [-0.2, 0) is 23.6 Å². The van der Waals surface area contributed by atoms with Crippen molar-refractivity contribution in [2.24, 2.45) is 0 Å². The summed E-state index contributed by atoms with van der Waals surface area (Å²) in [5.74, 6) is 1.97. The zero-order valence-corrected chi connectivity index (χ0v) is 21.7. The number of hydrogen-bond donors (Lipinski definition) is 1. The number of hydrogen-bond acceptors (Lipinski definition) is 7. The number of oxazole rings is 1. The molecule has 7 nitrogen and oxygen atoms in total. The molecule has 8 heteroatoms. The van der Waals surface area contributed by atoms with Gasteiger partial charge in [0.2, 0.25) is 5.89 Å². The van der Waals surface area contributed by atoms with E-state index in [2.05, 4.69) is 39.5 Å². The van der Waals surface area contributed by atoms with Gasteiger partial charge in [-0.25, -0.2) is 4.98 Å².